The van der Waals surface area contributed by atoms with Crippen LogP contribution in [0.2, 0.25) is 0 Å². The first-order chi connectivity index (χ1) is 22.6. The number of dihydropyridines is 1. The molecule has 0 spiro atoms. The molecule has 0 fully saturated rings. The molecule has 4 nitrogen and oxygen atoms in total. The third-order valence-corrected chi connectivity index (χ3v) is 9.70. The summed E-state index contributed by atoms with van der Waals surface area (Å²) in [5.41, 5.74) is 13.4. The van der Waals surface area contributed by atoms with Crippen molar-refractivity contribution in [1.82, 2.24) is 19.9 Å². The van der Waals surface area contributed by atoms with Crippen molar-refractivity contribution in [1.29, 1.82) is 0 Å². The summed E-state index contributed by atoms with van der Waals surface area (Å²) in [6, 6.07) is 47.0. The average molecular weight is 593 g/mol. The predicted octanol–water partition coefficient (Wildman–Crippen LogP) is 9.60. The monoisotopic (exact) mass is 592 g/mol. The minimum Gasteiger partial charge on any atom is -0.381 e. The summed E-state index contributed by atoms with van der Waals surface area (Å²) in [4.78, 5) is 11.0. The van der Waals surface area contributed by atoms with Crippen molar-refractivity contribution < 1.29 is 0 Å². The standard InChI is InChI=1S/C42H32N4/c1-42(2)33-26-43-34(27-15-6-3-7-16-27)25-32(33)40-38(42)39(28-17-8-4-9-18-28)44-41(45-40)31-22-14-24-36-37(31)30-21-12-13-23-35(30)46(36)29-19-10-5-11-20-29/h3-25,43H,26H2,1-2H3. The number of nitrogens with zero attached hydrogens (tertiary/aromatic N) is 3. The fourth-order valence-corrected chi connectivity index (χ4v) is 7.52. The number of para-hydroxylation sites is 2. The minimum atomic E-state index is -0.241. The molecule has 5 aromatic carbocycles. The third-order valence-electron chi connectivity index (χ3n) is 9.70. The van der Waals surface area contributed by atoms with E-state index in [9.17, 15) is 0 Å². The van der Waals surface area contributed by atoms with Gasteiger partial charge in [0.1, 0.15) is 0 Å². The molecule has 0 unspecified atom stereocenters. The second-order valence-electron chi connectivity index (χ2n) is 12.7. The molecule has 0 atom stereocenters. The molecule has 220 valence electrons. The van der Waals surface area contributed by atoms with Crippen LogP contribution in [0.25, 0.3) is 61.4 Å². The zero-order valence-electron chi connectivity index (χ0n) is 25.8. The number of rotatable bonds is 4. The van der Waals surface area contributed by atoms with E-state index in [0.717, 1.165) is 51.8 Å². The fraction of sp³-hybridized carbons (Fsp3) is 0.0952. The number of nitrogens with one attached hydrogen (secondary N) is 1. The van der Waals surface area contributed by atoms with Gasteiger partial charge in [-0.05, 0) is 41.5 Å². The van der Waals surface area contributed by atoms with Gasteiger partial charge in [0.15, 0.2) is 5.82 Å². The van der Waals surface area contributed by atoms with E-state index in [1.54, 1.807) is 0 Å². The van der Waals surface area contributed by atoms with E-state index in [-0.39, 0.29) is 5.41 Å². The van der Waals surface area contributed by atoms with Crippen molar-refractivity contribution in [2.45, 2.75) is 19.3 Å². The molecule has 1 N–H and O–H groups in total. The highest BCUT2D eigenvalue weighted by molar-refractivity contribution is 6.15. The van der Waals surface area contributed by atoms with Crippen molar-refractivity contribution in [2.24, 2.45) is 0 Å². The summed E-state index contributed by atoms with van der Waals surface area (Å²) >= 11 is 0. The fourth-order valence-electron chi connectivity index (χ4n) is 7.52. The highest BCUT2D eigenvalue weighted by Gasteiger charge is 2.42. The van der Waals surface area contributed by atoms with Gasteiger partial charge in [0.2, 0.25) is 0 Å². The summed E-state index contributed by atoms with van der Waals surface area (Å²) in [6.45, 7) is 5.41. The van der Waals surface area contributed by atoms with Crippen molar-refractivity contribution in [2.75, 3.05) is 6.54 Å². The Morgan fingerprint density at radius 2 is 1.26 bits per heavy atom. The van der Waals surface area contributed by atoms with E-state index in [1.807, 2.05) is 0 Å². The molecule has 0 saturated carbocycles. The lowest BCUT2D eigenvalue weighted by Crippen LogP contribution is -2.28. The number of fused-ring (bicyclic) bond motifs is 5. The van der Waals surface area contributed by atoms with Gasteiger partial charge in [0.05, 0.1) is 22.4 Å². The van der Waals surface area contributed by atoms with Crippen LogP contribution in [0.4, 0.5) is 0 Å². The largest absolute Gasteiger partial charge is 0.381 e. The van der Waals surface area contributed by atoms with Crippen LogP contribution in [0.1, 0.15) is 30.7 Å². The van der Waals surface area contributed by atoms with Gasteiger partial charge < -0.3 is 9.88 Å². The maximum atomic E-state index is 5.51. The number of hydrogen-bond acceptors (Lipinski definition) is 3. The van der Waals surface area contributed by atoms with Crippen LogP contribution in [-0.2, 0) is 5.41 Å². The maximum absolute atomic E-state index is 5.51. The van der Waals surface area contributed by atoms with Crippen LogP contribution in [-0.4, -0.2) is 21.1 Å². The van der Waals surface area contributed by atoms with Crippen LogP contribution in [0.5, 0.6) is 0 Å². The molecule has 3 heterocycles. The molecule has 7 aromatic rings. The summed E-state index contributed by atoms with van der Waals surface area (Å²) in [5.74, 6) is 0.747. The Kier molecular flexibility index (Phi) is 5.88. The Labute approximate surface area is 268 Å². The van der Waals surface area contributed by atoms with E-state index < -0.39 is 0 Å². The second kappa shape index (κ2) is 10.1. The van der Waals surface area contributed by atoms with Crippen LogP contribution >= 0.6 is 0 Å². The summed E-state index contributed by atoms with van der Waals surface area (Å²) in [6.07, 6.45) is 2.30. The summed E-state index contributed by atoms with van der Waals surface area (Å²) in [7, 11) is 0. The molecule has 2 aromatic heterocycles. The molecule has 46 heavy (non-hydrogen) atoms. The first-order valence-corrected chi connectivity index (χ1v) is 15.9. The van der Waals surface area contributed by atoms with Crippen LogP contribution < -0.4 is 5.32 Å². The predicted molar refractivity (Wildman–Crippen MR) is 190 cm³/mol. The van der Waals surface area contributed by atoms with Crippen molar-refractivity contribution in [3.63, 3.8) is 0 Å². The average Bonchev–Trinajstić information content (AvgIpc) is 3.57. The van der Waals surface area contributed by atoms with E-state index >= 15 is 0 Å². The number of allylic oxidation sites excluding steroid dienone is 2. The van der Waals surface area contributed by atoms with Gasteiger partial charge in [0.25, 0.3) is 0 Å². The smallest absolute Gasteiger partial charge is 0.161 e. The third kappa shape index (κ3) is 3.93. The lowest BCUT2D eigenvalue weighted by molar-refractivity contribution is 0.612. The molecule has 0 amide bonds. The zero-order chi connectivity index (χ0) is 30.8. The van der Waals surface area contributed by atoms with Gasteiger partial charge in [-0.1, -0.05) is 123 Å². The molecule has 9 rings (SSSR count). The van der Waals surface area contributed by atoms with Crippen LogP contribution in [0, 0.1) is 0 Å². The molecular weight excluding hydrogens is 560 g/mol. The minimum absolute atomic E-state index is 0.241. The molecule has 1 aliphatic heterocycles. The molecule has 1 aliphatic carbocycles. The quantitative estimate of drug-likeness (QED) is 0.221. The number of hydrogen-bond donors (Lipinski definition) is 1. The number of benzene rings is 5. The normalized spacial score (nSPS) is 15.0. The summed E-state index contributed by atoms with van der Waals surface area (Å²) < 4.78 is 2.35. The molecule has 4 heteroatoms. The van der Waals surface area contributed by atoms with Gasteiger partial charge in [-0.15, -0.1) is 0 Å². The molecule has 0 radical (unpaired) electrons. The SMILES string of the molecule is CC1(C)C2=C(C=C(c3ccccc3)NC2)c2nc(-c3cccc4c3c3ccccc3n4-c3ccccc3)nc(-c3ccccc3)c21. The Morgan fingerprint density at radius 3 is 2.02 bits per heavy atom. The van der Waals surface area contributed by atoms with Gasteiger partial charge in [-0.3, -0.25) is 0 Å². The molecule has 0 bridgehead atoms. The first-order valence-electron chi connectivity index (χ1n) is 15.9. The molecule has 2 aliphatic rings. The van der Waals surface area contributed by atoms with Gasteiger partial charge >= 0.3 is 0 Å². The van der Waals surface area contributed by atoms with E-state index in [2.05, 4.69) is 163 Å². The second-order valence-corrected chi connectivity index (χ2v) is 12.7. The maximum Gasteiger partial charge on any atom is 0.161 e. The first kappa shape index (κ1) is 26.6. The molecular formula is C42H32N4. The Morgan fingerprint density at radius 1 is 0.630 bits per heavy atom. The topological polar surface area (TPSA) is 42.7 Å². The van der Waals surface area contributed by atoms with Crippen molar-refractivity contribution in [3.8, 4) is 28.3 Å². The highest BCUT2D eigenvalue weighted by atomic mass is 15.0. The lowest BCUT2D eigenvalue weighted by Gasteiger charge is -2.28. The van der Waals surface area contributed by atoms with Gasteiger partial charge in [-0.2, -0.15) is 0 Å². The Bertz CT molecular complexity index is 2360. The number of aromatic nitrogens is 3. The van der Waals surface area contributed by atoms with Gasteiger partial charge in [0, 0.05) is 56.4 Å². The van der Waals surface area contributed by atoms with E-state index in [0.29, 0.717) is 0 Å². The van der Waals surface area contributed by atoms with Gasteiger partial charge in [-0.25, -0.2) is 9.97 Å². The Hall–Kier alpha value is -5.74. The lowest BCUT2D eigenvalue weighted by atomic mass is 9.79. The van der Waals surface area contributed by atoms with Crippen LogP contribution in [0.15, 0.2) is 145 Å². The van der Waals surface area contributed by atoms with Crippen molar-refractivity contribution in [3.05, 3.63) is 162 Å². The molecule has 0 saturated heterocycles. The van der Waals surface area contributed by atoms with Crippen molar-refractivity contribution >= 4 is 33.1 Å². The van der Waals surface area contributed by atoms with E-state index in [4.69, 9.17) is 9.97 Å². The Balaban J connectivity index is 1.34. The highest BCUT2D eigenvalue weighted by Crippen LogP contribution is 2.51. The van der Waals surface area contributed by atoms with E-state index in [1.165, 1.54) is 38.6 Å². The summed E-state index contributed by atoms with van der Waals surface area (Å²) in [5, 5.41) is 6.07. The zero-order valence-corrected chi connectivity index (χ0v) is 25.8. The van der Waals surface area contributed by atoms with Crippen LogP contribution in [0.3, 0.4) is 0 Å².